The van der Waals surface area contributed by atoms with Gasteiger partial charge in [-0.2, -0.15) is 0 Å². The molecule has 0 aliphatic heterocycles. The van der Waals surface area contributed by atoms with Crippen LogP contribution < -0.4 is 0 Å². The van der Waals surface area contributed by atoms with Crippen molar-refractivity contribution < 1.29 is 23.9 Å². The summed E-state index contributed by atoms with van der Waals surface area (Å²) < 4.78 is 11.6. The lowest BCUT2D eigenvalue weighted by atomic mass is 9.65. The first-order valence-corrected chi connectivity index (χ1v) is 11.5. The molecular formula is C26H38O5. The third-order valence-electron chi connectivity index (χ3n) is 7.01. The highest BCUT2D eigenvalue weighted by Gasteiger charge is 2.57. The van der Waals surface area contributed by atoms with Gasteiger partial charge >= 0.3 is 11.9 Å². The average Bonchev–Trinajstić information content (AvgIpc) is 3.00. The van der Waals surface area contributed by atoms with Crippen LogP contribution in [0.15, 0.2) is 35.5 Å². The second kappa shape index (κ2) is 10.4. The maximum Gasteiger partial charge on any atom is 0.331 e. The van der Waals surface area contributed by atoms with Crippen LogP contribution in [-0.4, -0.2) is 29.9 Å². The van der Waals surface area contributed by atoms with Gasteiger partial charge in [0.1, 0.15) is 6.10 Å². The summed E-state index contributed by atoms with van der Waals surface area (Å²) in [5.41, 5.74) is 2.32. The highest BCUT2D eigenvalue weighted by atomic mass is 16.6. The molecule has 0 N–H and O–H groups in total. The van der Waals surface area contributed by atoms with Crippen LogP contribution in [0, 0.1) is 29.6 Å². The van der Waals surface area contributed by atoms with Gasteiger partial charge in [-0.15, -0.1) is 0 Å². The minimum Gasteiger partial charge on any atom is -0.455 e. The highest BCUT2D eigenvalue weighted by molar-refractivity contribution is 6.03. The van der Waals surface area contributed by atoms with Crippen molar-refractivity contribution in [1.82, 2.24) is 0 Å². The van der Waals surface area contributed by atoms with Gasteiger partial charge in [0, 0.05) is 17.9 Å². The number of fused-ring (bicyclic) bond motifs is 1. The summed E-state index contributed by atoms with van der Waals surface area (Å²) in [4.78, 5) is 38.3. The molecule has 0 spiro atoms. The summed E-state index contributed by atoms with van der Waals surface area (Å²) in [5.74, 6) is -1.26. The molecule has 5 nitrogen and oxygen atoms in total. The Bertz CT molecular complexity index is 788. The van der Waals surface area contributed by atoms with Crippen molar-refractivity contribution >= 4 is 17.7 Å². The molecule has 0 unspecified atom stereocenters. The summed E-state index contributed by atoms with van der Waals surface area (Å²) in [5, 5.41) is 0. The Kier molecular flexibility index (Phi) is 8.44. The van der Waals surface area contributed by atoms with Crippen molar-refractivity contribution in [3.05, 3.63) is 35.5 Å². The maximum absolute atomic E-state index is 13.3. The molecule has 0 saturated heterocycles. The second-order valence-corrected chi connectivity index (χ2v) is 9.31. The molecule has 0 amide bonds. The molecule has 0 radical (unpaired) electrons. The summed E-state index contributed by atoms with van der Waals surface area (Å²) in [6.45, 7) is 17.9. The van der Waals surface area contributed by atoms with E-state index in [1.807, 2.05) is 33.8 Å². The number of allylic oxidation sites excluding steroid dienone is 2. The van der Waals surface area contributed by atoms with Crippen molar-refractivity contribution in [3.63, 3.8) is 0 Å². The van der Waals surface area contributed by atoms with Crippen LogP contribution in [0.25, 0.3) is 0 Å². The van der Waals surface area contributed by atoms with Crippen LogP contribution in [0.5, 0.6) is 0 Å². The van der Waals surface area contributed by atoms with E-state index in [0.29, 0.717) is 24.0 Å². The smallest absolute Gasteiger partial charge is 0.331 e. The number of hydrogen-bond donors (Lipinski definition) is 0. The number of hydrogen-bond acceptors (Lipinski definition) is 5. The van der Waals surface area contributed by atoms with E-state index in [-0.39, 0.29) is 41.3 Å². The molecule has 2 aliphatic rings. The zero-order valence-electron chi connectivity index (χ0n) is 20.1. The monoisotopic (exact) mass is 430 g/mol. The number of carbonyl (C=O) groups is 3. The van der Waals surface area contributed by atoms with Crippen molar-refractivity contribution in [1.29, 1.82) is 0 Å². The van der Waals surface area contributed by atoms with Crippen molar-refractivity contribution in [3.8, 4) is 0 Å². The minimum absolute atomic E-state index is 0.0809. The van der Waals surface area contributed by atoms with Gasteiger partial charge < -0.3 is 9.47 Å². The van der Waals surface area contributed by atoms with Crippen LogP contribution in [0.2, 0.25) is 0 Å². The van der Waals surface area contributed by atoms with Gasteiger partial charge in [-0.3, -0.25) is 9.59 Å². The molecule has 2 saturated carbocycles. The number of rotatable bonds is 7. The van der Waals surface area contributed by atoms with Gasteiger partial charge in [0.15, 0.2) is 11.9 Å². The Morgan fingerprint density at radius 1 is 1.16 bits per heavy atom. The molecule has 0 bridgehead atoms. The molecule has 0 aromatic carbocycles. The lowest BCUT2D eigenvalue weighted by Crippen LogP contribution is -2.43. The largest absolute Gasteiger partial charge is 0.455 e. The Morgan fingerprint density at radius 2 is 1.81 bits per heavy atom. The molecule has 2 aliphatic carbocycles. The number of Topliss-reactive ketones (excluding diaryl/α,β-unsaturated/α-hetero) is 1. The van der Waals surface area contributed by atoms with E-state index in [9.17, 15) is 14.4 Å². The summed E-state index contributed by atoms with van der Waals surface area (Å²) in [7, 11) is 0. The minimum atomic E-state index is -0.902. The van der Waals surface area contributed by atoms with Gasteiger partial charge in [-0.05, 0) is 56.1 Å². The lowest BCUT2D eigenvalue weighted by Gasteiger charge is -2.42. The van der Waals surface area contributed by atoms with E-state index in [1.54, 1.807) is 6.92 Å². The SMILES string of the molecule is C=C1[C@H]2[C@@H](/C(=C/C)C(=O)[C@H]2OC(=O)[C@H](C)CC)[C@H](C(C)C)C[C@H]1OC(=O)/C=C(\C)CC. The summed E-state index contributed by atoms with van der Waals surface area (Å²) >= 11 is 0. The van der Waals surface area contributed by atoms with Gasteiger partial charge in [0.05, 0.1) is 5.92 Å². The fourth-order valence-electron chi connectivity index (χ4n) is 4.71. The molecule has 0 aromatic rings. The highest BCUT2D eigenvalue weighted by Crippen LogP contribution is 2.53. The van der Waals surface area contributed by atoms with Gasteiger partial charge in [0.2, 0.25) is 0 Å². The molecule has 31 heavy (non-hydrogen) atoms. The molecule has 0 heterocycles. The van der Waals surface area contributed by atoms with Crippen LogP contribution in [0.4, 0.5) is 0 Å². The van der Waals surface area contributed by atoms with Crippen LogP contribution in [0.1, 0.15) is 67.7 Å². The maximum atomic E-state index is 13.3. The summed E-state index contributed by atoms with van der Waals surface area (Å²) in [6, 6.07) is 0. The predicted octanol–water partition coefficient (Wildman–Crippen LogP) is 5.21. The molecule has 172 valence electrons. The van der Waals surface area contributed by atoms with Gasteiger partial charge in [-0.25, -0.2) is 4.79 Å². The van der Waals surface area contributed by atoms with E-state index < -0.39 is 18.2 Å². The van der Waals surface area contributed by atoms with Crippen molar-refractivity contribution in [2.75, 3.05) is 0 Å². The predicted molar refractivity (Wildman–Crippen MR) is 121 cm³/mol. The summed E-state index contributed by atoms with van der Waals surface area (Å²) in [6.07, 6.45) is 3.98. The molecule has 0 aromatic heterocycles. The molecule has 6 atom stereocenters. The first-order valence-electron chi connectivity index (χ1n) is 11.5. The van der Waals surface area contributed by atoms with Crippen molar-refractivity contribution in [2.24, 2.45) is 29.6 Å². The Hall–Kier alpha value is -2.17. The number of ether oxygens (including phenoxy) is 2. The number of esters is 2. The van der Waals surface area contributed by atoms with Gasteiger partial charge in [-0.1, -0.05) is 52.8 Å². The fraction of sp³-hybridized carbons (Fsp3) is 0.654. The third kappa shape index (κ3) is 5.19. The van der Waals surface area contributed by atoms with E-state index in [2.05, 4.69) is 20.4 Å². The average molecular weight is 431 g/mol. The zero-order valence-corrected chi connectivity index (χ0v) is 20.1. The Morgan fingerprint density at radius 3 is 2.32 bits per heavy atom. The zero-order chi connectivity index (χ0) is 23.5. The standard InChI is InChI=1S/C26H38O5/c1-9-15(6)12-21(27)30-20-13-19(14(4)5)23-18(11-3)24(28)25(22(23)17(20)8)31-26(29)16(7)10-2/h11-12,14,16,19-20,22-23,25H,8-10,13H2,1-7H3/b15-12+,18-11-/t16-,19+,20-,22+,23+,25+/m1/s1. The van der Waals surface area contributed by atoms with E-state index in [0.717, 1.165) is 12.0 Å². The lowest BCUT2D eigenvalue weighted by molar-refractivity contribution is -0.160. The Balaban J connectivity index is 2.41. The van der Waals surface area contributed by atoms with E-state index in [1.165, 1.54) is 6.08 Å². The molecule has 5 heteroatoms. The normalized spacial score (nSPS) is 31.0. The van der Waals surface area contributed by atoms with Gasteiger partial charge in [0.25, 0.3) is 0 Å². The second-order valence-electron chi connectivity index (χ2n) is 9.31. The number of ketones is 1. The first kappa shape index (κ1) is 25.1. The number of carbonyl (C=O) groups excluding carboxylic acids is 3. The Labute approximate surface area is 186 Å². The molecular weight excluding hydrogens is 392 g/mol. The molecule has 2 fully saturated rings. The van der Waals surface area contributed by atoms with Crippen LogP contribution in [-0.2, 0) is 23.9 Å². The fourth-order valence-corrected chi connectivity index (χ4v) is 4.71. The van der Waals surface area contributed by atoms with E-state index in [4.69, 9.17) is 9.47 Å². The molecule has 2 rings (SSSR count). The topological polar surface area (TPSA) is 69.7 Å². The van der Waals surface area contributed by atoms with Crippen LogP contribution in [0.3, 0.4) is 0 Å². The van der Waals surface area contributed by atoms with E-state index >= 15 is 0 Å². The first-order chi connectivity index (χ1) is 14.6. The van der Waals surface area contributed by atoms with Crippen molar-refractivity contribution in [2.45, 2.75) is 79.9 Å². The quantitative estimate of drug-likeness (QED) is 0.315. The third-order valence-corrected chi connectivity index (χ3v) is 7.01. The van der Waals surface area contributed by atoms with Crippen LogP contribution >= 0.6 is 0 Å².